The molecule has 1 aliphatic rings. The Morgan fingerprint density at radius 1 is 1.44 bits per heavy atom. The van der Waals surface area contributed by atoms with Crippen molar-refractivity contribution in [2.45, 2.75) is 18.9 Å². The van der Waals surface area contributed by atoms with Crippen molar-refractivity contribution in [1.29, 1.82) is 0 Å². The molecular weight excluding hydrogens is 230 g/mol. The van der Waals surface area contributed by atoms with Gasteiger partial charge in [-0.05, 0) is 31.9 Å². The summed E-state index contributed by atoms with van der Waals surface area (Å²) < 4.78 is 11.1. The van der Waals surface area contributed by atoms with E-state index in [2.05, 4.69) is 5.32 Å². The minimum absolute atomic E-state index is 0.493. The second kappa shape index (κ2) is 6.07. The first-order valence-electron chi connectivity index (χ1n) is 6.38. The summed E-state index contributed by atoms with van der Waals surface area (Å²) in [6.45, 7) is 1.20. The highest BCUT2D eigenvalue weighted by Gasteiger charge is 2.24. The average Bonchev–Trinajstić information content (AvgIpc) is 3.20. The van der Waals surface area contributed by atoms with E-state index in [0.717, 1.165) is 5.56 Å². The molecule has 4 heteroatoms. The Bertz CT molecular complexity index is 391. The smallest absolute Gasteiger partial charge is 0.166 e. The van der Waals surface area contributed by atoms with Gasteiger partial charge in [0.2, 0.25) is 0 Å². The van der Waals surface area contributed by atoms with E-state index in [1.165, 1.54) is 12.8 Å². The standard InChI is InChI=1S/C14H21NO3/c1-15-8-12(16)11-4-3-5-13(17-2)14(11)18-9-10-6-7-10/h3-5,10,12,15-16H,6-9H2,1-2H3. The number of hydrogen-bond donors (Lipinski definition) is 2. The maximum absolute atomic E-state index is 10.1. The fourth-order valence-electron chi connectivity index (χ4n) is 1.90. The van der Waals surface area contributed by atoms with Gasteiger partial charge >= 0.3 is 0 Å². The summed E-state index contributed by atoms with van der Waals surface area (Å²) in [5, 5.41) is 13.1. The molecule has 2 N–H and O–H groups in total. The van der Waals surface area contributed by atoms with Gasteiger partial charge in [-0.25, -0.2) is 0 Å². The quantitative estimate of drug-likeness (QED) is 0.775. The number of aliphatic hydroxyl groups excluding tert-OH is 1. The van der Waals surface area contributed by atoms with Crippen molar-refractivity contribution in [2.24, 2.45) is 5.92 Å². The lowest BCUT2D eigenvalue weighted by molar-refractivity contribution is 0.169. The van der Waals surface area contributed by atoms with E-state index in [0.29, 0.717) is 30.6 Å². The van der Waals surface area contributed by atoms with Gasteiger partial charge in [0.15, 0.2) is 11.5 Å². The normalized spacial score (nSPS) is 16.4. The summed E-state index contributed by atoms with van der Waals surface area (Å²) >= 11 is 0. The molecule has 100 valence electrons. The lowest BCUT2D eigenvalue weighted by Gasteiger charge is -2.18. The number of rotatable bonds is 7. The van der Waals surface area contributed by atoms with Crippen molar-refractivity contribution in [3.8, 4) is 11.5 Å². The van der Waals surface area contributed by atoms with E-state index in [1.807, 2.05) is 25.2 Å². The highest BCUT2D eigenvalue weighted by molar-refractivity contribution is 5.47. The molecule has 0 radical (unpaired) electrons. The van der Waals surface area contributed by atoms with Gasteiger partial charge in [-0.2, -0.15) is 0 Å². The Morgan fingerprint density at radius 3 is 2.83 bits per heavy atom. The van der Waals surface area contributed by atoms with Crippen LogP contribution in [0.5, 0.6) is 11.5 Å². The largest absolute Gasteiger partial charge is 0.493 e. The molecule has 1 aromatic rings. The minimum Gasteiger partial charge on any atom is -0.493 e. The van der Waals surface area contributed by atoms with Crippen LogP contribution in [0.1, 0.15) is 24.5 Å². The molecule has 4 nitrogen and oxygen atoms in total. The summed E-state index contributed by atoms with van der Waals surface area (Å²) in [6.07, 6.45) is 1.90. The van der Waals surface area contributed by atoms with Crippen LogP contribution in [0, 0.1) is 5.92 Å². The van der Waals surface area contributed by atoms with Crippen LogP contribution in [0.3, 0.4) is 0 Å². The Hall–Kier alpha value is -1.26. The van der Waals surface area contributed by atoms with E-state index >= 15 is 0 Å². The van der Waals surface area contributed by atoms with Crippen LogP contribution < -0.4 is 14.8 Å². The molecule has 1 fully saturated rings. The molecule has 1 saturated carbocycles. The van der Waals surface area contributed by atoms with E-state index in [9.17, 15) is 5.11 Å². The van der Waals surface area contributed by atoms with Crippen molar-refractivity contribution in [2.75, 3.05) is 27.3 Å². The zero-order valence-corrected chi connectivity index (χ0v) is 11.0. The second-order valence-electron chi connectivity index (χ2n) is 4.71. The number of nitrogens with one attached hydrogen (secondary N) is 1. The summed E-state index contributed by atoms with van der Waals surface area (Å²) in [5.41, 5.74) is 0.782. The third-order valence-electron chi connectivity index (χ3n) is 3.15. The highest BCUT2D eigenvalue weighted by atomic mass is 16.5. The molecule has 0 spiro atoms. The van der Waals surface area contributed by atoms with Gasteiger partial charge < -0.3 is 19.9 Å². The Labute approximate surface area is 108 Å². The van der Waals surface area contributed by atoms with Gasteiger partial charge in [0.1, 0.15) is 0 Å². The lowest BCUT2D eigenvalue weighted by Crippen LogP contribution is -2.18. The first-order valence-corrected chi connectivity index (χ1v) is 6.38. The fourth-order valence-corrected chi connectivity index (χ4v) is 1.90. The number of methoxy groups -OCH3 is 1. The molecule has 1 atom stereocenters. The third-order valence-corrected chi connectivity index (χ3v) is 3.15. The van der Waals surface area contributed by atoms with Gasteiger partial charge in [0.25, 0.3) is 0 Å². The molecule has 0 aliphatic heterocycles. The predicted octanol–water partition coefficient (Wildman–Crippen LogP) is 1.74. The SMILES string of the molecule is CNCC(O)c1cccc(OC)c1OCC1CC1. The molecule has 18 heavy (non-hydrogen) atoms. The first-order chi connectivity index (χ1) is 8.76. The number of likely N-dealkylation sites (N-methyl/N-ethyl adjacent to an activating group) is 1. The molecule has 1 aromatic carbocycles. The molecule has 0 heterocycles. The van der Waals surface area contributed by atoms with Crippen LogP contribution >= 0.6 is 0 Å². The minimum atomic E-state index is -0.584. The first kappa shape index (κ1) is 13.2. The van der Waals surface area contributed by atoms with Crippen molar-refractivity contribution >= 4 is 0 Å². The second-order valence-corrected chi connectivity index (χ2v) is 4.71. The van der Waals surface area contributed by atoms with Gasteiger partial charge in [0, 0.05) is 12.1 Å². The van der Waals surface area contributed by atoms with Gasteiger partial charge in [-0.1, -0.05) is 12.1 Å². The Morgan fingerprint density at radius 2 is 2.22 bits per heavy atom. The molecule has 0 aromatic heterocycles. The molecule has 0 saturated heterocycles. The van der Waals surface area contributed by atoms with E-state index in [-0.39, 0.29) is 0 Å². The molecule has 1 unspecified atom stereocenters. The van der Waals surface area contributed by atoms with Gasteiger partial charge in [0.05, 0.1) is 19.8 Å². The number of aliphatic hydroxyl groups is 1. The maximum Gasteiger partial charge on any atom is 0.166 e. The fraction of sp³-hybridized carbons (Fsp3) is 0.571. The number of para-hydroxylation sites is 1. The van der Waals surface area contributed by atoms with Crippen molar-refractivity contribution in [3.63, 3.8) is 0 Å². The molecule has 1 aliphatic carbocycles. The zero-order valence-electron chi connectivity index (χ0n) is 11.0. The van der Waals surface area contributed by atoms with Crippen LogP contribution in [-0.4, -0.2) is 32.4 Å². The summed E-state index contributed by atoms with van der Waals surface area (Å²) in [7, 11) is 3.43. The summed E-state index contributed by atoms with van der Waals surface area (Å²) in [6, 6.07) is 5.61. The molecule has 0 amide bonds. The summed E-state index contributed by atoms with van der Waals surface area (Å²) in [5.74, 6) is 2.03. The molecular formula is C14H21NO3. The van der Waals surface area contributed by atoms with Crippen LogP contribution in [-0.2, 0) is 0 Å². The van der Waals surface area contributed by atoms with Crippen LogP contribution in [0.15, 0.2) is 18.2 Å². The van der Waals surface area contributed by atoms with Crippen LogP contribution in [0.2, 0.25) is 0 Å². The van der Waals surface area contributed by atoms with Crippen molar-refractivity contribution in [1.82, 2.24) is 5.32 Å². The van der Waals surface area contributed by atoms with Gasteiger partial charge in [-0.15, -0.1) is 0 Å². The van der Waals surface area contributed by atoms with Crippen molar-refractivity contribution < 1.29 is 14.6 Å². The topological polar surface area (TPSA) is 50.7 Å². The molecule has 0 bridgehead atoms. The van der Waals surface area contributed by atoms with Crippen molar-refractivity contribution in [3.05, 3.63) is 23.8 Å². The summed E-state index contributed by atoms with van der Waals surface area (Å²) in [4.78, 5) is 0. The van der Waals surface area contributed by atoms with Gasteiger partial charge in [-0.3, -0.25) is 0 Å². The Kier molecular flexibility index (Phi) is 4.44. The maximum atomic E-state index is 10.1. The monoisotopic (exact) mass is 251 g/mol. The number of benzene rings is 1. The van der Waals surface area contributed by atoms with E-state index < -0.39 is 6.10 Å². The molecule has 2 rings (SSSR count). The highest BCUT2D eigenvalue weighted by Crippen LogP contribution is 2.37. The van der Waals surface area contributed by atoms with E-state index in [4.69, 9.17) is 9.47 Å². The van der Waals surface area contributed by atoms with Crippen LogP contribution in [0.4, 0.5) is 0 Å². The predicted molar refractivity (Wildman–Crippen MR) is 70.1 cm³/mol. The number of ether oxygens (including phenoxy) is 2. The average molecular weight is 251 g/mol. The van der Waals surface area contributed by atoms with E-state index in [1.54, 1.807) is 7.11 Å². The third kappa shape index (κ3) is 3.15. The lowest BCUT2D eigenvalue weighted by atomic mass is 10.1. The number of hydrogen-bond acceptors (Lipinski definition) is 4. The zero-order chi connectivity index (χ0) is 13.0. The van der Waals surface area contributed by atoms with Crippen LogP contribution in [0.25, 0.3) is 0 Å². The Balaban J connectivity index is 2.18.